The zero-order valence-electron chi connectivity index (χ0n) is 15.4. The monoisotopic (exact) mass is 355 g/mol. The second-order valence-electron chi connectivity index (χ2n) is 6.14. The van der Waals surface area contributed by atoms with E-state index in [-0.39, 0.29) is 5.91 Å². The molecule has 0 aliphatic heterocycles. The molecule has 3 aromatic carbocycles. The minimum Gasteiger partial charge on any atom is -0.497 e. The SMILES string of the molecule is COc1cccc(C(/C=C/c2ccc(C)cc2)=NC(=O)c2ccccc2)c1. The van der Waals surface area contributed by atoms with Crippen LogP contribution >= 0.6 is 0 Å². The third-order valence-electron chi connectivity index (χ3n) is 4.12. The molecular formula is C24H21NO2. The third-order valence-corrected chi connectivity index (χ3v) is 4.12. The summed E-state index contributed by atoms with van der Waals surface area (Å²) in [7, 11) is 1.62. The van der Waals surface area contributed by atoms with Gasteiger partial charge in [-0.05, 0) is 42.8 Å². The van der Waals surface area contributed by atoms with E-state index in [1.54, 1.807) is 19.2 Å². The predicted octanol–water partition coefficient (Wildman–Crippen LogP) is 5.35. The molecule has 1 amide bonds. The molecule has 0 unspecified atom stereocenters. The molecule has 0 radical (unpaired) electrons. The van der Waals surface area contributed by atoms with Crippen LogP contribution in [0.4, 0.5) is 0 Å². The number of aryl methyl sites for hydroxylation is 1. The van der Waals surface area contributed by atoms with Crippen LogP contribution in [0.15, 0.2) is 89.9 Å². The van der Waals surface area contributed by atoms with Gasteiger partial charge in [0.2, 0.25) is 0 Å². The number of carbonyl (C=O) groups is 1. The summed E-state index contributed by atoms with van der Waals surface area (Å²) in [5, 5.41) is 0. The highest BCUT2D eigenvalue weighted by molar-refractivity contribution is 6.17. The van der Waals surface area contributed by atoms with Gasteiger partial charge in [0.15, 0.2) is 0 Å². The molecule has 0 spiro atoms. The van der Waals surface area contributed by atoms with Crippen LogP contribution in [0.5, 0.6) is 5.75 Å². The molecule has 0 fully saturated rings. The van der Waals surface area contributed by atoms with Crippen LogP contribution in [-0.2, 0) is 0 Å². The van der Waals surface area contributed by atoms with Crippen LogP contribution in [-0.4, -0.2) is 18.7 Å². The number of allylic oxidation sites excluding steroid dienone is 1. The van der Waals surface area contributed by atoms with E-state index in [2.05, 4.69) is 24.0 Å². The van der Waals surface area contributed by atoms with Gasteiger partial charge in [-0.15, -0.1) is 0 Å². The van der Waals surface area contributed by atoms with Gasteiger partial charge in [0.05, 0.1) is 12.8 Å². The van der Waals surface area contributed by atoms with Gasteiger partial charge in [0.25, 0.3) is 5.91 Å². The van der Waals surface area contributed by atoms with Gasteiger partial charge in [0, 0.05) is 11.1 Å². The van der Waals surface area contributed by atoms with Crippen molar-refractivity contribution in [1.82, 2.24) is 0 Å². The maximum atomic E-state index is 12.6. The topological polar surface area (TPSA) is 38.7 Å². The van der Waals surface area contributed by atoms with E-state index in [4.69, 9.17) is 4.74 Å². The highest BCUT2D eigenvalue weighted by Gasteiger charge is 2.08. The minimum atomic E-state index is -0.276. The molecule has 3 heteroatoms. The highest BCUT2D eigenvalue weighted by Crippen LogP contribution is 2.16. The maximum absolute atomic E-state index is 12.6. The number of nitrogens with zero attached hydrogens (tertiary/aromatic N) is 1. The lowest BCUT2D eigenvalue weighted by molar-refractivity contribution is 0.100. The average Bonchev–Trinajstić information content (AvgIpc) is 2.72. The van der Waals surface area contributed by atoms with E-state index in [1.807, 2.05) is 66.7 Å². The fraction of sp³-hybridized carbons (Fsp3) is 0.0833. The fourth-order valence-electron chi connectivity index (χ4n) is 2.59. The summed E-state index contributed by atoms with van der Waals surface area (Å²) in [6, 6.07) is 24.8. The van der Waals surface area contributed by atoms with Crippen molar-refractivity contribution < 1.29 is 9.53 Å². The molecule has 3 rings (SSSR count). The summed E-state index contributed by atoms with van der Waals surface area (Å²) in [5.41, 5.74) is 4.21. The first kappa shape index (κ1) is 18.3. The zero-order valence-corrected chi connectivity index (χ0v) is 15.4. The summed E-state index contributed by atoms with van der Waals surface area (Å²) < 4.78 is 5.31. The molecule has 0 N–H and O–H groups in total. The smallest absolute Gasteiger partial charge is 0.277 e. The van der Waals surface area contributed by atoms with Crippen LogP contribution in [0, 0.1) is 6.92 Å². The first-order chi connectivity index (χ1) is 13.2. The number of carbonyl (C=O) groups excluding carboxylic acids is 1. The van der Waals surface area contributed by atoms with Gasteiger partial charge >= 0.3 is 0 Å². The fourth-order valence-corrected chi connectivity index (χ4v) is 2.59. The molecule has 0 saturated carbocycles. The van der Waals surface area contributed by atoms with Gasteiger partial charge in [0.1, 0.15) is 5.75 Å². The Labute approximate surface area is 159 Å². The first-order valence-electron chi connectivity index (χ1n) is 8.73. The minimum absolute atomic E-state index is 0.276. The van der Waals surface area contributed by atoms with Crippen molar-refractivity contribution in [3.8, 4) is 5.75 Å². The highest BCUT2D eigenvalue weighted by atomic mass is 16.5. The number of aliphatic imine (C=N–C) groups is 1. The van der Waals surface area contributed by atoms with E-state index in [0.29, 0.717) is 11.3 Å². The lowest BCUT2D eigenvalue weighted by Gasteiger charge is -2.05. The van der Waals surface area contributed by atoms with Crippen LogP contribution < -0.4 is 4.74 Å². The van der Waals surface area contributed by atoms with Crippen molar-refractivity contribution in [2.45, 2.75) is 6.92 Å². The summed E-state index contributed by atoms with van der Waals surface area (Å²) >= 11 is 0. The zero-order chi connectivity index (χ0) is 19.1. The van der Waals surface area contributed by atoms with E-state index in [0.717, 1.165) is 16.9 Å². The normalized spacial score (nSPS) is 11.6. The number of hydrogen-bond donors (Lipinski definition) is 0. The first-order valence-corrected chi connectivity index (χ1v) is 8.73. The lowest BCUT2D eigenvalue weighted by atomic mass is 10.1. The Kier molecular flexibility index (Phi) is 5.95. The quantitative estimate of drug-likeness (QED) is 0.579. The lowest BCUT2D eigenvalue weighted by Crippen LogP contribution is -2.04. The van der Waals surface area contributed by atoms with Gasteiger partial charge < -0.3 is 4.74 Å². The second-order valence-corrected chi connectivity index (χ2v) is 6.14. The number of hydrogen-bond acceptors (Lipinski definition) is 2. The standard InChI is InChI=1S/C24H21NO2/c1-18-11-13-19(14-12-18)15-16-23(21-9-6-10-22(17-21)27-2)25-24(26)20-7-4-3-5-8-20/h3-17H,1-2H3/b16-15+,25-23?. The Bertz CT molecular complexity index is 971. The summed E-state index contributed by atoms with van der Waals surface area (Å²) in [4.78, 5) is 16.9. The van der Waals surface area contributed by atoms with E-state index in [1.165, 1.54) is 5.56 Å². The molecule has 134 valence electrons. The Morgan fingerprint density at radius 3 is 2.30 bits per heavy atom. The predicted molar refractivity (Wildman–Crippen MR) is 111 cm³/mol. The van der Waals surface area contributed by atoms with E-state index < -0.39 is 0 Å². The Morgan fingerprint density at radius 1 is 0.889 bits per heavy atom. The van der Waals surface area contributed by atoms with Gasteiger partial charge in [-0.2, -0.15) is 0 Å². The molecule has 27 heavy (non-hydrogen) atoms. The van der Waals surface area contributed by atoms with Crippen molar-refractivity contribution in [3.05, 3.63) is 107 Å². The Morgan fingerprint density at radius 2 is 1.59 bits per heavy atom. The van der Waals surface area contributed by atoms with Crippen molar-refractivity contribution in [1.29, 1.82) is 0 Å². The molecule has 3 nitrogen and oxygen atoms in total. The van der Waals surface area contributed by atoms with Gasteiger partial charge in [-0.3, -0.25) is 4.79 Å². The summed E-state index contributed by atoms with van der Waals surface area (Å²) in [6.45, 7) is 2.05. The van der Waals surface area contributed by atoms with Crippen LogP contribution in [0.3, 0.4) is 0 Å². The van der Waals surface area contributed by atoms with Crippen LogP contribution in [0.25, 0.3) is 6.08 Å². The molecule has 0 aliphatic rings. The molecule has 0 saturated heterocycles. The summed E-state index contributed by atoms with van der Waals surface area (Å²) in [5.74, 6) is 0.443. The number of benzene rings is 3. The number of amides is 1. The third kappa shape index (κ3) is 5.02. The molecule has 0 atom stereocenters. The van der Waals surface area contributed by atoms with Gasteiger partial charge in [-0.1, -0.05) is 66.2 Å². The molecule has 0 aromatic heterocycles. The maximum Gasteiger partial charge on any atom is 0.277 e. The van der Waals surface area contributed by atoms with E-state index in [9.17, 15) is 4.79 Å². The number of ether oxygens (including phenoxy) is 1. The Hall–Kier alpha value is -3.46. The number of methoxy groups -OCH3 is 1. The van der Waals surface area contributed by atoms with Crippen LogP contribution in [0.2, 0.25) is 0 Å². The Balaban J connectivity index is 1.98. The largest absolute Gasteiger partial charge is 0.497 e. The van der Waals surface area contributed by atoms with Crippen molar-refractivity contribution in [3.63, 3.8) is 0 Å². The van der Waals surface area contributed by atoms with Crippen molar-refractivity contribution >= 4 is 17.7 Å². The van der Waals surface area contributed by atoms with Crippen molar-refractivity contribution in [2.24, 2.45) is 4.99 Å². The molecule has 0 aliphatic carbocycles. The molecular weight excluding hydrogens is 334 g/mol. The van der Waals surface area contributed by atoms with Crippen molar-refractivity contribution in [2.75, 3.05) is 7.11 Å². The number of rotatable bonds is 5. The molecule has 0 bridgehead atoms. The average molecular weight is 355 g/mol. The molecule has 0 heterocycles. The van der Waals surface area contributed by atoms with Crippen LogP contribution in [0.1, 0.15) is 27.0 Å². The summed E-state index contributed by atoms with van der Waals surface area (Å²) in [6.07, 6.45) is 3.82. The van der Waals surface area contributed by atoms with Gasteiger partial charge in [-0.25, -0.2) is 4.99 Å². The second kappa shape index (κ2) is 8.77. The molecule has 3 aromatic rings. The van der Waals surface area contributed by atoms with E-state index >= 15 is 0 Å².